The van der Waals surface area contributed by atoms with E-state index < -0.39 is 157 Å². The molecule has 5 rings (SSSR count). The van der Waals surface area contributed by atoms with E-state index in [4.69, 9.17) is 37.9 Å². The molecule has 4 saturated heterocycles. The van der Waals surface area contributed by atoms with Gasteiger partial charge in [0.25, 0.3) is 0 Å². The monoisotopic (exact) mass is 1040 g/mol. The number of allylic oxidation sites excluding steroid dienone is 4. The number of ether oxygens (including phenoxy) is 8. The molecule has 5 heterocycles. The average Bonchev–Trinajstić information content (AvgIpc) is 3.32. The number of rotatable bonds is 14. The molecule has 26 atom stereocenters. The lowest BCUT2D eigenvalue weighted by atomic mass is 9.76. The summed E-state index contributed by atoms with van der Waals surface area (Å²) in [4.78, 5) is 27.4. The average molecular weight is 1040 g/mol. The predicted octanol–water partition coefficient (Wildman–Crippen LogP) is 4.51. The van der Waals surface area contributed by atoms with Crippen molar-refractivity contribution in [2.45, 2.75) is 238 Å². The van der Waals surface area contributed by atoms with Gasteiger partial charge in [-0.25, -0.2) is 9.59 Å². The Morgan fingerprint density at radius 2 is 1.04 bits per heavy atom. The molecule has 0 spiro atoms. The maximum Gasteiger partial charge on any atom is 0.334 e. The van der Waals surface area contributed by atoms with Gasteiger partial charge in [-0.1, -0.05) is 91.8 Å². The largest absolute Gasteiger partial charge is 0.458 e. The van der Waals surface area contributed by atoms with Gasteiger partial charge >= 0.3 is 11.9 Å². The van der Waals surface area contributed by atoms with Gasteiger partial charge < -0.3 is 78.7 Å². The van der Waals surface area contributed by atoms with Crippen LogP contribution < -0.4 is 0 Å². The maximum absolute atomic E-state index is 13.9. The first-order chi connectivity index (χ1) is 34.2. The Morgan fingerprint density at radius 3 is 1.45 bits per heavy atom. The van der Waals surface area contributed by atoms with Crippen molar-refractivity contribution in [1.82, 2.24) is 0 Å². The van der Waals surface area contributed by atoms with E-state index in [0.29, 0.717) is 12.8 Å². The molecule has 5 aliphatic rings. The minimum atomic E-state index is -1.88. The van der Waals surface area contributed by atoms with Crippen molar-refractivity contribution in [3.8, 4) is 0 Å². The van der Waals surface area contributed by atoms with E-state index in [9.17, 15) is 50.4 Å². The molecule has 8 N–H and O–H groups in total. The third-order valence-electron chi connectivity index (χ3n) is 16.8. The lowest BCUT2D eigenvalue weighted by Gasteiger charge is -2.50. The van der Waals surface area contributed by atoms with Crippen LogP contribution in [0.5, 0.6) is 0 Å². The van der Waals surface area contributed by atoms with Crippen LogP contribution in [-0.2, 0) is 47.5 Å². The van der Waals surface area contributed by atoms with E-state index in [1.165, 1.54) is 12.2 Å². The van der Waals surface area contributed by atoms with E-state index in [1.54, 1.807) is 92.7 Å². The Labute approximate surface area is 432 Å². The molecule has 18 heteroatoms. The van der Waals surface area contributed by atoms with Crippen LogP contribution in [0.1, 0.15) is 129 Å². The van der Waals surface area contributed by atoms with Crippen molar-refractivity contribution in [2.24, 2.45) is 47.3 Å². The summed E-state index contributed by atoms with van der Waals surface area (Å²) in [6.07, 6.45) is -1.42. The highest BCUT2D eigenvalue weighted by atomic mass is 16.7. The molecule has 0 amide bonds. The number of carbonyl (C=O) groups is 2. The van der Waals surface area contributed by atoms with Crippen molar-refractivity contribution in [3.63, 3.8) is 0 Å². The molecule has 0 unspecified atom stereocenters. The highest BCUT2D eigenvalue weighted by Gasteiger charge is 2.54. The molecule has 0 saturated carbocycles. The fourth-order valence-corrected chi connectivity index (χ4v) is 11.7. The summed E-state index contributed by atoms with van der Waals surface area (Å²) in [5.41, 5.74) is 0.235. The zero-order valence-electron chi connectivity index (χ0n) is 45.3. The first kappa shape index (κ1) is 61.2. The minimum Gasteiger partial charge on any atom is -0.458 e. The number of cyclic esters (lactones) is 2. The van der Waals surface area contributed by atoms with E-state index in [1.807, 2.05) is 27.7 Å². The first-order valence-electron chi connectivity index (χ1n) is 26.8. The summed E-state index contributed by atoms with van der Waals surface area (Å²) in [5, 5.41) is 89.8. The minimum absolute atomic E-state index is 0.0271. The zero-order valence-corrected chi connectivity index (χ0v) is 45.3. The highest BCUT2D eigenvalue weighted by molar-refractivity contribution is 5.88. The second-order valence-electron chi connectivity index (χ2n) is 22.1. The normalized spacial score (nSPS) is 44.0. The summed E-state index contributed by atoms with van der Waals surface area (Å²) in [7, 11) is 0. The molecule has 0 bridgehead atoms. The molecular formula is C55H90O18. The highest BCUT2D eigenvalue weighted by Crippen LogP contribution is 2.45. The Kier molecular flexibility index (Phi) is 21.9. The van der Waals surface area contributed by atoms with E-state index in [2.05, 4.69) is 0 Å². The number of esters is 2. The summed E-state index contributed by atoms with van der Waals surface area (Å²) in [5.74, 6) is -9.83. The molecule has 18 nitrogen and oxygen atoms in total. The van der Waals surface area contributed by atoms with Crippen molar-refractivity contribution in [1.29, 1.82) is 0 Å². The molecule has 0 radical (unpaired) electrons. The summed E-state index contributed by atoms with van der Waals surface area (Å²) in [6.45, 7) is 22.9. The van der Waals surface area contributed by atoms with E-state index in [0.717, 1.165) is 0 Å². The van der Waals surface area contributed by atoms with Gasteiger partial charge in [0, 0.05) is 84.7 Å². The zero-order chi connectivity index (χ0) is 54.4. The quantitative estimate of drug-likeness (QED) is 0.111. The third kappa shape index (κ3) is 14.7. The summed E-state index contributed by atoms with van der Waals surface area (Å²) < 4.78 is 49.3. The first-order valence-corrected chi connectivity index (χ1v) is 26.8. The van der Waals surface area contributed by atoms with Crippen molar-refractivity contribution < 1.29 is 88.3 Å². The van der Waals surface area contributed by atoms with Gasteiger partial charge in [0.15, 0.2) is 24.2 Å². The molecular weight excluding hydrogens is 949 g/mol. The lowest BCUT2D eigenvalue weighted by molar-refractivity contribution is -0.345. The molecule has 0 aliphatic carbocycles. The molecule has 0 aromatic heterocycles. The Bertz CT molecular complexity index is 1890. The van der Waals surface area contributed by atoms with Gasteiger partial charge in [-0.15, -0.1) is 0 Å². The number of aliphatic hydroxyl groups is 8. The third-order valence-corrected chi connectivity index (χ3v) is 16.8. The Hall–Kier alpha value is -2.66. The van der Waals surface area contributed by atoms with E-state index in [-0.39, 0.29) is 43.1 Å². The van der Waals surface area contributed by atoms with Gasteiger partial charge in [0.05, 0.1) is 61.0 Å². The van der Waals surface area contributed by atoms with Gasteiger partial charge in [-0.2, -0.15) is 0 Å². The topological polar surface area (TPSA) is 270 Å². The molecule has 418 valence electrons. The maximum atomic E-state index is 13.9. The smallest absolute Gasteiger partial charge is 0.334 e. The molecule has 0 aromatic rings. The second-order valence-corrected chi connectivity index (χ2v) is 22.1. The van der Waals surface area contributed by atoms with Crippen LogP contribution in [0.3, 0.4) is 0 Å². The van der Waals surface area contributed by atoms with Crippen LogP contribution in [0.25, 0.3) is 0 Å². The van der Waals surface area contributed by atoms with Crippen LogP contribution in [0, 0.1) is 47.3 Å². The number of hydrogen-bond acceptors (Lipinski definition) is 18. The second kappa shape index (κ2) is 26.1. The van der Waals surface area contributed by atoms with Gasteiger partial charge in [-0.3, -0.25) is 0 Å². The molecule has 0 aromatic carbocycles. The molecule has 73 heavy (non-hydrogen) atoms. The van der Waals surface area contributed by atoms with Gasteiger partial charge in [0.2, 0.25) is 0 Å². The van der Waals surface area contributed by atoms with Crippen molar-refractivity contribution >= 4 is 11.9 Å². The summed E-state index contributed by atoms with van der Waals surface area (Å²) >= 11 is 0. The van der Waals surface area contributed by atoms with Crippen molar-refractivity contribution in [3.05, 3.63) is 48.1 Å². The van der Waals surface area contributed by atoms with Crippen LogP contribution in [0.4, 0.5) is 0 Å². The van der Waals surface area contributed by atoms with Gasteiger partial charge in [0.1, 0.15) is 24.4 Å². The van der Waals surface area contributed by atoms with Gasteiger partial charge in [-0.05, 0) is 47.5 Å². The van der Waals surface area contributed by atoms with Crippen LogP contribution in [0.2, 0.25) is 0 Å². The Morgan fingerprint density at radius 1 is 0.630 bits per heavy atom. The van der Waals surface area contributed by atoms with Crippen LogP contribution in [0.15, 0.2) is 48.1 Å². The molecule has 4 fully saturated rings. The summed E-state index contributed by atoms with van der Waals surface area (Å²) in [6, 6.07) is 0. The number of aliphatic hydroxyl groups excluding tert-OH is 6. The SMILES string of the molecule is CC[C@@H]1[C@@H](C)O[C@@](O)([C@@H](C)[C@H](O)[C@H](C)[C@H]2OC(=O)C=CC=C[C@H](C)[C@@H]([C@@H](C)[C@@H](O)[C@H](C)[C@@]3(O)C[C@@H](O[C@H]4C[C@H](O)[C@H](O)[C@H](C)O4)[C@H](CC)[C@@H](C)O3)OC(=O)C(C)=CC=C[C@@H]2C)C[C@H]1O[C@H]1C[C@H](O)[C@H](O)[C@H](C)O1. The van der Waals surface area contributed by atoms with Crippen molar-refractivity contribution in [2.75, 3.05) is 0 Å². The number of carbonyl (C=O) groups excluding carboxylic acids is 2. The predicted molar refractivity (Wildman–Crippen MR) is 267 cm³/mol. The lowest BCUT2D eigenvalue weighted by Crippen LogP contribution is -2.59. The fraction of sp³-hybridized carbons (Fsp3) is 0.818. The van der Waals surface area contributed by atoms with E-state index >= 15 is 0 Å². The Balaban J connectivity index is 1.31. The van der Waals surface area contributed by atoms with Crippen LogP contribution >= 0.6 is 0 Å². The molecule has 5 aliphatic heterocycles. The standard InChI is InChI=1S/C55H90O18/c1-14-38-34(10)72-54(64,25-42(38)68-45-23-40(56)49(61)36(12)66-45)32(8)47(59)30(6)51-28(4)20-18-21-29(5)53(63)71-52(27(3)19-16-17-22-44(58)70-51)31(7)48(60)33(9)55(65)26-43(39(15-2)35(11)73-55)69-46-24-41(57)50(62)37(13)67-46/h16-22,27-28,30-43,45-52,56-57,59-62,64-65H,14-15,23-26H2,1-13H3/t27-,28-,30-,31-,32-,33-,34+,35+,36-,37-,38+,39+,40-,41-,42+,43+,45-,46-,47+,48+,49+,50+,51-,52-,54+,55+/m0/s1. The number of hydrogen-bond donors (Lipinski definition) is 8. The van der Waals surface area contributed by atoms with Crippen LogP contribution in [-0.4, -0.2) is 162 Å². The fourth-order valence-electron chi connectivity index (χ4n) is 11.7.